The maximum absolute atomic E-state index is 11.9. The second kappa shape index (κ2) is 7.17. The maximum atomic E-state index is 11.9. The van der Waals surface area contributed by atoms with Gasteiger partial charge in [0.2, 0.25) is 5.91 Å². The molecule has 2 amide bonds. The van der Waals surface area contributed by atoms with Crippen LogP contribution in [0.1, 0.15) is 33.2 Å². The summed E-state index contributed by atoms with van der Waals surface area (Å²) >= 11 is 0. The van der Waals surface area contributed by atoms with Crippen LogP contribution in [-0.2, 0) is 4.79 Å². The molecule has 0 bridgehead atoms. The third kappa shape index (κ3) is 4.38. The van der Waals surface area contributed by atoms with E-state index in [0.717, 1.165) is 5.56 Å². The van der Waals surface area contributed by atoms with Gasteiger partial charge in [0, 0.05) is 11.6 Å². The fourth-order valence-electron chi connectivity index (χ4n) is 1.98. The van der Waals surface area contributed by atoms with Gasteiger partial charge in [-0.25, -0.2) is 0 Å². The Bertz CT molecular complexity index is 777. The highest BCUT2D eigenvalue weighted by molar-refractivity contribution is 6.07. The molecular formula is C18H16N2O3. The van der Waals surface area contributed by atoms with Crippen molar-refractivity contribution in [3.8, 4) is 0 Å². The first-order chi connectivity index (χ1) is 11.0. The number of amides is 2. The Morgan fingerprint density at radius 2 is 1.65 bits per heavy atom. The molecule has 0 radical (unpaired) electrons. The van der Waals surface area contributed by atoms with Crippen molar-refractivity contribution in [2.75, 3.05) is 5.32 Å². The van der Waals surface area contributed by atoms with E-state index in [-0.39, 0.29) is 17.3 Å². The minimum atomic E-state index is -0.607. The highest BCUT2D eigenvalue weighted by Gasteiger charge is 2.08. The van der Waals surface area contributed by atoms with E-state index in [2.05, 4.69) is 5.32 Å². The molecule has 0 aliphatic rings. The first-order valence-corrected chi connectivity index (χ1v) is 6.96. The lowest BCUT2D eigenvalue weighted by atomic mass is 10.1. The van der Waals surface area contributed by atoms with Crippen molar-refractivity contribution in [1.29, 1.82) is 0 Å². The van der Waals surface area contributed by atoms with Gasteiger partial charge in [-0.3, -0.25) is 14.4 Å². The summed E-state index contributed by atoms with van der Waals surface area (Å²) in [6.07, 6.45) is 2.96. The van der Waals surface area contributed by atoms with Crippen molar-refractivity contribution in [2.24, 2.45) is 5.73 Å². The number of benzene rings is 2. The molecule has 2 aromatic rings. The molecule has 0 atom stereocenters. The highest BCUT2D eigenvalue weighted by atomic mass is 16.2. The molecule has 0 saturated carbocycles. The van der Waals surface area contributed by atoms with Crippen molar-refractivity contribution in [2.45, 2.75) is 6.92 Å². The van der Waals surface area contributed by atoms with E-state index in [9.17, 15) is 14.4 Å². The molecule has 0 fully saturated rings. The summed E-state index contributed by atoms with van der Waals surface area (Å²) < 4.78 is 0. The molecule has 5 heteroatoms. The Balaban J connectivity index is 2.07. The number of rotatable bonds is 5. The molecule has 116 valence electrons. The summed E-state index contributed by atoms with van der Waals surface area (Å²) in [5.74, 6) is -1.000. The lowest BCUT2D eigenvalue weighted by molar-refractivity contribution is -0.111. The number of hydrogen-bond acceptors (Lipinski definition) is 3. The number of nitrogens with two attached hydrogens (primary N) is 1. The number of Topliss-reactive ketones (excluding diaryl/α,β-unsaturated/α-hetero) is 1. The van der Waals surface area contributed by atoms with Gasteiger partial charge in [0.15, 0.2) is 5.78 Å². The van der Waals surface area contributed by atoms with Gasteiger partial charge in [0.05, 0.1) is 11.3 Å². The number of nitrogens with one attached hydrogen (secondary N) is 1. The van der Waals surface area contributed by atoms with Gasteiger partial charge in [-0.1, -0.05) is 36.4 Å². The van der Waals surface area contributed by atoms with Crippen molar-refractivity contribution in [1.82, 2.24) is 0 Å². The molecule has 0 saturated heterocycles. The standard InChI is InChI=1S/C18H16N2O3/c1-12(21)14-9-6-13(7-10-14)8-11-17(22)20-16-5-3-2-4-15(16)18(19)23/h2-11H,1H3,(H2,19,23)(H,20,22)/b11-8+. The molecule has 5 nitrogen and oxygen atoms in total. The number of carbonyl (C=O) groups is 3. The smallest absolute Gasteiger partial charge is 0.250 e. The molecule has 23 heavy (non-hydrogen) atoms. The zero-order valence-corrected chi connectivity index (χ0v) is 12.6. The van der Waals surface area contributed by atoms with Gasteiger partial charge in [-0.15, -0.1) is 0 Å². The van der Waals surface area contributed by atoms with Crippen molar-refractivity contribution < 1.29 is 14.4 Å². The summed E-state index contributed by atoms with van der Waals surface area (Å²) in [7, 11) is 0. The first kappa shape index (κ1) is 16.2. The van der Waals surface area contributed by atoms with Crippen LogP contribution in [0, 0.1) is 0 Å². The number of hydrogen-bond donors (Lipinski definition) is 2. The van der Waals surface area contributed by atoms with Crippen molar-refractivity contribution in [3.05, 3.63) is 71.3 Å². The van der Waals surface area contributed by atoms with Crippen LogP contribution in [0.15, 0.2) is 54.6 Å². The van der Waals surface area contributed by atoms with E-state index in [0.29, 0.717) is 11.3 Å². The number of carbonyl (C=O) groups excluding carboxylic acids is 3. The lowest BCUT2D eigenvalue weighted by Crippen LogP contribution is -2.16. The van der Waals surface area contributed by atoms with Crippen LogP contribution in [0.25, 0.3) is 6.08 Å². The monoisotopic (exact) mass is 308 g/mol. The SMILES string of the molecule is CC(=O)c1ccc(/C=C/C(=O)Nc2ccccc2C(N)=O)cc1. The molecular weight excluding hydrogens is 292 g/mol. The van der Waals surface area contributed by atoms with Crippen LogP contribution in [-0.4, -0.2) is 17.6 Å². The Kier molecular flexibility index (Phi) is 5.04. The molecule has 0 spiro atoms. The minimum absolute atomic E-state index is 0.0127. The second-order valence-corrected chi connectivity index (χ2v) is 4.91. The lowest BCUT2D eigenvalue weighted by Gasteiger charge is -2.06. The molecule has 0 aromatic heterocycles. The average molecular weight is 308 g/mol. The maximum Gasteiger partial charge on any atom is 0.250 e. The topological polar surface area (TPSA) is 89.3 Å². The second-order valence-electron chi connectivity index (χ2n) is 4.91. The van der Waals surface area contributed by atoms with E-state index in [1.54, 1.807) is 54.6 Å². The minimum Gasteiger partial charge on any atom is -0.366 e. The summed E-state index contributed by atoms with van der Waals surface area (Å²) in [6, 6.07) is 13.4. The van der Waals surface area contributed by atoms with Crippen LogP contribution < -0.4 is 11.1 Å². The summed E-state index contributed by atoms with van der Waals surface area (Å²) in [5, 5.41) is 2.61. The number of primary amides is 1. The fraction of sp³-hybridized carbons (Fsp3) is 0.0556. The van der Waals surface area contributed by atoms with Crippen LogP contribution in [0.5, 0.6) is 0 Å². The predicted octanol–water partition coefficient (Wildman–Crippen LogP) is 2.64. The molecule has 0 aliphatic heterocycles. The van der Waals surface area contributed by atoms with E-state index in [1.807, 2.05) is 0 Å². The molecule has 0 aliphatic carbocycles. The van der Waals surface area contributed by atoms with E-state index >= 15 is 0 Å². The molecule has 0 heterocycles. The average Bonchev–Trinajstić information content (AvgIpc) is 2.53. The van der Waals surface area contributed by atoms with Gasteiger partial charge in [0.1, 0.15) is 0 Å². The van der Waals surface area contributed by atoms with Gasteiger partial charge in [-0.2, -0.15) is 0 Å². The Morgan fingerprint density at radius 3 is 2.26 bits per heavy atom. The fourth-order valence-corrected chi connectivity index (χ4v) is 1.98. The highest BCUT2D eigenvalue weighted by Crippen LogP contribution is 2.14. The van der Waals surface area contributed by atoms with E-state index in [1.165, 1.54) is 13.0 Å². The summed E-state index contributed by atoms with van der Waals surface area (Å²) in [4.78, 5) is 34.4. The summed E-state index contributed by atoms with van der Waals surface area (Å²) in [6.45, 7) is 1.49. The summed E-state index contributed by atoms with van der Waals surface area (Å²) in [5.41, 5.74) is 7.27. The van der Waals surface area contributed by atoms with E-state index in [4.69, 9.17) is 5.73 Å². The first-order valence-electron chi connectivity index (χ1n) is 6.96. The zero-order valence-electron chi connectivity index (χ0n) is 12.6. The van der Waals surface area contributed by atoms with Crippen LogP contribution in [0.4, 0.5) is 5.69 Å². The molecule has 2 rings (SSSR count). The van der Waals surface area contributed by atoms with Gasteiger partial charge >= 0.3 is 0 Å². The molecule has 3 N–H and O–H groups in total. The van der Waals surface area contributed by atoms with Crippen LogP contribution in [0.2, 0.25) is 0 Å². The van der Waals surface area contributed by atoms with Gasteiger partial charge in [-0.05, 0) is 30.7 Å². The largest absolute Gasteiger partial charge is 0.366 e. The van der Waals surface area contributed by atoms with Crippen molar-refractivity contribution in [3.63, 3.8) is 0 Å². The Hall–Kier alpha value is -3.21. The number of para-hydroxylation sites is 1. The Morgan fingerprint density at radius 1 is 1.00 bits per heavy atom. The number of ketones is 1. The molecule has 2 aromatic carbocycles. The van der Waals surface area contributed by atoms with Crippen LogP contribution in [0.3, 0.4) is 0 Å². The van der Waals surface area contributed by atoms with E-state index < -0.39 is 5.91 Å². The molecule has 0 unspecified atom stereocenters. The predicted molar refractivity (Wildman–Crippen MR) is 89.1 cm³/mol. The quantitative estimate of drug-likeness (QED) is 0.657. The van der Waals surface area contributed by atoms with Gasteiger partial charge < -0.3 is 11.1 Å². The van der Waals surface area contributed by atoms with Crippen LogP contribution >= 0.6 is 0 Å². The third-order valence-corrected chi connectivity index (χ3v) is 3.19. The third-order valence-electron chi connectivity index (χ3n) is 3.19. The number of anilines is 1. The van der Waals surface area contributed by atoms with Gasteiger partial charge in [0.25, 0.3) is 5.91 Å². The Labute approximate surface area is 133 Å². The normalized spacial score (nSPS) is 10.5. The van der Waals surface area contributed by atoms with Crippen molar-refractivity contribution >= 4 is 29.4 Å². The zero-order chi connectivity index (χ0) is 16.8.